The van der Waals surface area contributed by atoms with Crippen molar-refractivity contribution in [3.63, 3.8) is 0 Å². The molecule has 1 aliphatic rings. The van der Waals surface area contributed by atoms with Gasteiger partial charge in [-0.05, 0) is 57.4 Å². The van der Waals surface area contributed by atoms with Gasteiger partial charge in [-0.3, -0.25) is 9.59 Å². The summed E-state index contributed by atoms with van der Waals surface area (Å²) >= 11 is 5.76. The van der Waals surface area contributed by atoms with Crippen molar-refractivity contribution in [3.05, 3.63) is 29.3 Å². The molecule has 1 aromatic carbocycles. The largest absolute Gasteiger partial charge is 0.455 e. The highest BCUT2D eigenvalue weighted by molar-refractivity contribution is 7.89. The van der Waals surface area contributed by atoms with Gasteiger partial charge in [-0.15, -0.1) is 0 Å². The van der Waals surface area contributed by atoms with Crippen LogP contribution < -0.4 is 0 Å². The first-order valence-electron chi connectivity index (χ1n) is 8.81. The predicted molar refractivity (Wildman–Crippen MR) is 102 cm³/mol. The third-order valence-corrected chi connectivity index (χ3v) is 6.78. The van der Waals surface area contributed by atoms with E-state index in [1.807, 2.05) is 13.8 Å². The lowest BCUT2D eigenvalue weighted by Gasteiger charge is -2.38. The number of carbonyl (C=O) groups is 2. The molecule has 27 heavy (non-hydrogen) atoms. The second-order valence-corrected chi connectivity index (χ2v) is 9.29. The number of halogens is 1. The third-order valence-electron chi connectivity index (χ3n) is 4.71. The number of amides is 1. The number of hydrogen-bond donors (Lipinski definition) is 0. The summed E-state index contributed by atoms with van der Waals surface area (Å²) in [6.07, 6.45) is 2.91. The molecule has 1 aliphatic heterocycles. The Bertz CT molecular complexity index is 771. The van der Waals surface area contributed by atoms with Crippen LogP contribution in [0.4, 0.5) is 0 Å². The molecule has 2 atom stereocenters. The minimum atomic E-state index is -3.85. The molecule has 0 aliphatic carbocycles. The molecule has 0 spiro atoms. The van der Waals surface area contributed by atoms with Crippen molar-refractivity contribution in [2.24, 2.45) is 0 Å². The SMILES string of the molecule is CC1CCCC(C)N1C(=O)COC(=O)CN(C)S(=O)(=O)c1ccc(Cl)cc1. The van der Waals surface area contributed by atoms with Crippen LogP contribution in [0.2, 0.25) is 5.02 Å². The number of esters is 1. The molecule has 0 saturated carbocycles. The van der Waals surface area contributed by atoms with E-state index in [2.05, 4.69) is 0 Å². The van der Waals surface area contributed by atoms with E-state index < -0.39 is 22.5 Å². The average Bonchev–Trinajstić information content (AvgIpc) is 2.60. The Balaban J connectivity index is 1.91. The standard InChI is InChI=1S/C18H25ClN2O5S/c1-13-5-4-6-14(2)21(13)17(22)12-26-18(23)11-20(3)27(24,25)16-9-7-15(19)8-10-16/h7-10,13-14H,4-6,11-12H2,1-3H3. The molecule has 2 unspecified atom stereocenters. The Morgan fingerprint density at radius 1 is 1.19 bits per heavy atom. The van der Waals surface area contributed by atoms with Crippen molar-refractivity contribution in [1.82, 2.24) is 9.21 Å². The van der Waals surface area contributed by atoms with E-state index in [1.54, 1.807) is 4.90 Å². The Labute approximate surface area is 165 Å². The number of piperidine rings is 1. The minimum absolute atomic E-state index is 0.0224. The topological polar surface area (TPSA) is 84.0 Å². The fraction of sp³-hybridized carbons (Fsp3) is 0.556. The van der Waals surface area contributed by atoms with E-state index in [0.29, 0.717) is 5.02 Å². The van der Waals surface area contributed by atoms with Gasteiger partial charge in [0.05, 0.1) is 4.90 Å². The van der Waals surface area contributed by atoms with E-state index in [-0.39, 0.29) is 29.5 Å². The second kappa shape index (κ2) is 9.03. The van der Waals surface area contributed by atoms with Crippen molar-refractivity contribution in [3.8, 4) is 0 Å². The lowest BCUT2D eigenvalue weighted by Crippen LogP contribution is -2.49. The highest BCUT2D eigenvalue weighted by Gasteiger charge is 2.30. The summed E-state index contributed by atoms with van der Waals surface area (Å²) < 4.78 is 30.8. The van der Waals surface area contributed by atoms with E-state index in [0.717, 1.165) is 23.6 Å². The van der Waals surface area contributed by atoms with Gasteiger partial charge in [0, 0.05) is 24.2 Å². The molecular weight excluding hydrogens is 392 g/mol. The fourth-order valence-electron chi connectivity index (χ4n) is 3.23. The van der Waals surface area contributed by atoms with Gasteiger partial charge in [-0.25, -0.2) is 8.42 Å². The van der Waals surface area contributed by atoms with Crippen LogP contribution in [0, 0.1) is 0 Å². The number of hydrogen-bond acceptors (Lipinski definition) is 5. The molecule has 0 radical (unpaired) electrons. The molecule has 1 amide bonds. The first-order valence-corrected chi connectivity index (χ1v) is 10.6. The Morgan fingerprint density at radius 2 is 1.74 bits per heavy atom. The zero-order chi connectivity index (χ0) is 20.2. The highest BCUT2D eigenvalue weighted by Crippen LogP contribution is 2.22. The number of rotatable bonds is 6. The van der Waals surface area contributed by atoms with Gasteiger partial charge >= 0.3 is 5.97 Å². The summed E-state index contributed by atoms with van der Waals surface area (Å²) in [6.45, 7) is 3.08. The molecule has 0 aromatic heterocycles. The van der Waals surface area contributed by atoms with E-state index in [9.17, 15) is 18.0 Å². The first kappa shape index (κ1) is 21.7. The van der Waals surface area contributed by atoms with Crippen molar-refractivity contribution in [1.29, 1.82) is 0 Å². The quantitative estimate of drug-likeness (QED) is 0.664. The molecule has 1 heterocycles. The van der Waals surface area contributed by atoms with Gasteiger partial charge in [0.25, 0.3) is 5.91 Å². The molecule has 1 fully saturated rings. The maximum Gasteiger partial charge on any atom is 0.321 e. The van der Waals surface area contributed by atoms with Gasteiger partial charge in [0.15, 0.2) is 6.61 Å². The molecule has 1 saturated heterocycles. The van der Waals surface area contributed by atoms with Crippen LogP contribution in [-0.2, 0) is 24.3 Å². The van der Waals surface area contributed by atoms with Crippen LogP contribution >= 0.6 is 11.6 Å². The normalized spacial score (nSPS) is 20.6. The van der Waals surface area contributed by atoms with Crippen molar-refractivity contribution in [2.75, 3.05) is 20.2 Å². The number of ether oxygens (including phenoxy) is 1. The molecular formula is C18H25ClN2O5S. The van der Waals surface area contributed by atoms with Crippen LogP contribution in [-0.4, -0.2) is 61.8 Å². The summed E-state index contributed by atoms with van der Waals surface area (Å²) in [4.78, 5) is 26.1. The summed E-state index contributed by atoms with van der Waals surface area (Å²) in [7, 11) is -2.57. The summed E-state index contributed by atoms with van der Waals surface area (Å²) in [5.41, 5.74) is 0. The second-order valence-electron chi connectivity index (χ2n) is 6.81. The Kier molecular flexibility index (Phi) is 7.25. The van der Waals surface area contributed by atoms with Crippen molar-refractivity contribution >= 4 is 33.5 Å². The monoisotopic (exact) mass is 416 g/mol. The predicted octanol–water partition coefficient (Wildman–Crippen LogP) is 2.29. The van der Waals surface area contributed by atoms with Crippen LogP contribution in [0.3, 0.4) is 0 Å². The number of likely N-dealkylation sites (tertiary alicyclic amines) is 1. The number of nitrogens with zero attached hydrogens (tertiary/aromatic N) is 2. The zero-order valence-electron chi connectivity index (χ0n) is 15.7. The highest BCUT2D eigenvalue weighted by atomic mass is 35.5. The van der Waals surface area contributed by atoms with Crippen molar-refractivity contribution in [2.45, 2.75) is 50.1 Å². The van der Waals surface area contributed by atoms with Crippen LogP contribution in [0.5, 0.6) is 0 Å². The van der Waals surface area contributed by atoms with Crippen molar-refractivity contribution < 1.29 is 22.7 Å². The molecule has 1 aromatic rings. The van der Waals surface area contributed by atoms with Crippen LogP contribution in [0.1, 0.15) is 33.1 Å². The Morgan fingerprint density at radius 3 is 2.30 bits per heavy atom. The molecule has 150 valence electrons. The average molecular weight is 417 g/mol. The fourth-order valence-corrected chi connectivity index (χ4v) is 4.47. The Hall–Kier alpha value is -1.64. The van der Waals surface area contributed by atoms with E-state index >= 15 is 0 Å². The minimum Gasteiger partial charge on any atom is -0.455 e. The molecule has 9 heteroatoms. The lowest BCUT2D eigenvalue weighted by atomic mass is 9.97. The smallest absolute Gasteiger partial charge is 0.321 e. The van der Waals surface area contributed by atoms with E-state index in [1.165, 1.54) is 31.3 Å². The number of sulfonamides is 1. The molecule has 2 rings (SSSR count). The van der Waals surface area contributed by atoms with Gasteiger partial charge in [-0.2, -0.15) is 4.31 Å². The van der Waals surface area contributed by atoms with Crippen LogP contribution in [0.25, 0.3) is 0 Å². The number of carbonyl (C=O) groups excluding carboxylic acids is 2. The van der Waals surface area contributed by atoms with Gasteiger partial charge < -0.3 is 9.64 Å². The number of likely N-dealkylation sites (N-methyl/N-ethyl adjacent to an activating group) is 1. The third kappa shape index (κ3) is 5.43. The van der Waals surface area contributed by atoms with E-state index in [4.69, 9.17) is 16.3 Å². The van der Waals surface area contributed by atoms with Gasteiger partial charge in [0.1, 0.15) is 6.54 Å². The van der Waals surface area contributed by atoms with Gasteiger partial charge in [0.2, 0.25) is 10.0 Å². The number of benzene rings is 1. The maximum absolute atomic E-state index is 12.5. The summed E-state index contributed by atoms with van der Waals surface area (Å²) in [5.74, 6) is -1.04. The summed E-state index contributed by atoms with van der Waals surface area (Å²) in [5, 5.41) is 0.413. The lowest BCUT2D eigenvalue weighted by molar-refractivity contribution is -0.154. The first-order chi connectivity index (χ1) is 12.6. The molecule has 0 N–H and O–H groups in total. The summed E-state index contributed by atoms with van der Waals surface area (Å²) in [6, 6.07) is 5.85. The van der Waals surface area contributed by atoms with Gasteiger partial charge in [-0.1, -0.05) is 11.6 Å². The molecule has 7 nitrogen and oxygen atoms in total. The van der Waals surface area contributed by atoms with Crippen LogP contribution in [0.15, 0.2) is 29.2 Å². The molecule has 0 bridgehead atoms. The maximum atomic E-state index is 12.5. The zero-order valence-corrected chi connectivity index (χ0v) is 17.3.